The Morgan fingerprint density at radius 1 is 1.16 bits per heavy atom. The molecule has 0 radical (unpaired) electrons. The van der Waals surface area contributed by atoms with Gasteiger partial charge in [-0.15, -0.1) is 0 Å². The molecule has 1 aromatic rings. The zero-order chi connectivity index (χ0) is 18.6. The molecule has 0 saturated carbocycles. The third-order valence-electron chi connectivity index (χ3n) is 4.31. The number of rotatable bonds is 5. The summed E-state index contributed by atoms with van der Waals surface area (Å²) in [6, 6.07) is 3.49. The summed E-state index contributed by atoms with van der Waals surface area (Å²) in [6.45, 7) is 10.6. The van der Waals surface area contributed by atoms with Crippen molar-refractivity contribution < 1.29 is 14.3 Å². The lowest BCUT2D eigenvalue weighted by Gasteiger charge is -2.35. The molecule has 25 heavy (non-hydrogen) atoms. The van der Waals surface area contributed by atoms with Gasteiger partial charge in [-0.3, -0.25) is 9.59 Å². The van der Waals surface area contributed by atoms with E-state index in [9.17, 15) is 9.59 Å². The van der Waals surface area contributed by atoms with E-state index in [1.54, 1.807) is 11.0 Å². The van der Waals surface area contributed by atoms with E-state index in [4.69, 9.17) is 16.3 Å². The number of benzene rings is 1. The number of hydrogen-bond donors (Lipinski definition) is 0. The van der Waals surface area contributed by atoms with Gasteiger partial charge < -0.3 is 14.5 Å². The Balaban J connectivity index is 2.03. The zero-order valence-electron chi connectivity index (χ0n) is 15.5. The van der Waals surface area contributed by atoms with Crippen molar-refractivity contribution in [2.45, 2.75) is 34.1 Å². The number of carbonyl (C=O) groups is 2. The van der Waals surface area contributed by atoms with Crippen LogP contribution in [0, 0.1) is 12.8 Å². The van der Waals surface area contributed by atoms with E-state index in [1.165, 1.54) is 0 Å². The van der Waals surface area contributed by atoms with Gasteiger partial charge in [-0.25, -0.2) is 0 Å². The van der Waals surface area contributed by atoms with Crippen LogP contribution in [-0.4, -0.2) is 54.4 Å². The summed E-state index contributed by atoms with van der Waals surface area (Å²) < 4.78 is 5.47. The van der Waals surface area contributed by atoms with Crippen molar-refractivity contribution in [3.63, 3.8) is 0 Å². The fraction of sp³-hybridized carbons (Fsp3) is 0.579. The van der Waals surface area contributed by atoms with Gasteiger partial charge in [-0.1, -0.05) is 25.4 Å². The van der Waals surface area contributed by atoms with Crippen LogP contribution < -0.4 is 4.74 Å². The van der Waals surface area contributed by atoms with Crippen molar-refractivity contribution in [1.82, 2.24) is 9.80 Å². The van der Waals surface area contributed by atoms with E-state index < -0.39 is 0 Å². The van der Waals surface area contributed by atoms with Gasteiger partial charge in [0.15, 0.2) is 0 Å². The molecule has 0 aliphatic carbocycles. The molecule has 1 aliphatic rings. The van der Waals surface area contributed by atoms with Gasteiger partial charge in [0.05, 0.1) is 11.6 Å². The van der Waals surface area contributed by atoms with Crippen molar-refractivity contribution in [2.75, 3.05) is 32.8 Å². The van der Waals surface area contributed by atoms with Crippen molar-refractivity contribution in [2.24, 2.45) is 5.92 Å². The number of carbonyl (C=O) groups excluding carboxylic acids is 2. The van der Waals surface area contributed by atoms with E-state index in [-0.39, 0.29) is 11.8 Å². The minimum absolute atomic E-state index is 0.0431. The topological polar surface area (TPSA) is 49.9 Å². The van der Waals surface area contributed by atoms with Crippen LogP contribution in [0.2, 0.25) is 5.02 Å². The largest absolute Gasteiger partial charge is 0.492 e. The molecule has 1 saturated heterocycles. The number of piperazine rings is 1. The molecule has 0 unspecified atom stereocenters. The van der Waals surface area contributed by atoms with Gasteiger partial charge in [-0.05, 0) is 37.5 Å². The van der Waals surface area contributed by atoms with Gasteiger partial charge in [0.1, 0.15) is 5.75 Å². The van der Waals surface area contributed by atoms with Gasteiger partial charge in [-0.2, -0.15) is 0 Å². The highest BCUT2D eigenvalue weighted by Crippen LogP contribution is 2.29. The van der Waals surface area contributed by atoms with E-state index in [0.29, 0.717) is 61.5 Å². The molecule has 1 fully saturated rings. The molecule has 0 atom stereocenters. The summed E-state index contributed by atoms with van der Waals surface area (Å²) in [5, 5.41) is 0.446. The Kier molecular flexibility index (Phi) is 6.71. The zero-order valence-corrected chi connectivity index (χ0v) is 16.2. The Labute approximate surface area is 154 Å². The van der Waals surface area contributed by atoms with Crippen LogP contribution in [0.1, 0.15) is 43.1 Å². The first-order chi connectivity index (χ1) is 11.8. The molecule has 0 bridgehead atoms. The summed E-state index contributed by atoms with van der Waals surface area (Å²) in [5.41, 5.74) is 1.44. The molecular formula is C19H27ClN2O3. The normalized spacial score (nSPS) is 14.8. The first kappa shape index (κ1) is 19.6. The average Bonchev–Trinajstić information content (AvgIpc) is 2.57. The average molecular weight is 367 g/mol. The monoisotopic (exact) mass is 366 g/mol. The van der Waals surface area contributed by atoms with Crippen LogP contribution in [0.15, 0.2) is 12.1 Å². The molecule has 5 nitrogen and oxygen atoms in total. The summed E-state index contributed by atoms with van der Waals surface area (Å²) in [6.07, 6.45) is 0.557. The number of hydrogen-bond acceptors (Lipinski definition) is 3. The van der Waals surface area contributed by atoms with Crippen LogP contribution in [0.5, 0.6) is 5.75 Å². The minimum Gasteiger partial charge on any atom is -0.492 e. The smallest absolute Gasteiger partial charge is 0.254 e. The minimum atomic E-state index is -0.0431. The van der Waals surface area contributed by atoms with Crippen molar-refractivity contribution >= 4 is 23.4 Å². The number of amides is 2. The Morgan fingerprint density at radius 2 is 1.76 bits per heavy atom. The number of ether oxygens (including phenoxy) is 1. The highest BCUT2D eigenvalue weighted by molar-refractivity contribution is 6.32. The standard InChI is InChI=1S/C19H27ClN2O3/c1-5-25-17-11-14(4)15(12-16(17)20)19(24)22-8-6-21(7-9-22)18(23)10-13(2)3/h11-13H,5-10H2,1-4H3. The predicted molar refractivity (Wildman–Crippen MR) is 99.3 cm³/mol. The van der Waals surface area contributed by atoms with Crippen molar-refractivity contribution in [1.29, 1.82) is 0 Å². The summed E-state index contributed by atoms with van der Waals surface area (Å²) in [4.78, 5) is 28.6. The molecule has 1 aromatic carbocycles. The fourth-order valence-electron chi connectivity index (χ4n) is 2.96. The van der Waals surface area contributed by atoms with Crippen LogP contribution in [-0.2, 0) is 4.79 Å². The van der Waals surface area contributed by atoms with Crippen LogP contribution >= 0.6 is 11.6 Å². The van der Waals surface area contributed by atoms with E-state index in [2.05, 4.69) is 0 Å². The van der Waals surface area contributed by atoms with E-state index in [0.717, 1.165) is 5.56 Å². The summed E-state index contributed by atoms with van der Waals surface area (Å²) in [5.74, 6) is 1.07. The molecule has 0 spiro atoms. The van der Waals surface area contributed by atoms with Crippen molar-refractivity contribution in [3.8, 4) is 5.75 Å². The maximum absolute atomic E-state index is 12.8. The van der Waals surface area contributed by atoms with Gasteiger partial charge in [0.25, 0.3) is 5.91 Å². The van der Waals surface area contributed by atoms with E-state index >= 15 is 0 Å². The fourth-order valence-corrected chi connectivity index (χ4v) is 3.18. The van der Waals surface area contributed by atoms with Gasteiger partial charge in [0.2, 0.25) is 5.91 Å². The molecule has 6 heteroatoms. The second-order valence-corrected chi connectivity index (χ2v) is 7.21. The lowest BCUT2D eigenvalue weighted by Crippen LogP contribution is -2.50. The summed E-state index contributed by atoms with van der Waals surface area (Å²) in [7, 11) is 0. The highest BCUT2D eigenvalue weighted by atomic mass is 35.5. The third kappa shape index (κ3) is 4.88. The van der Waals surface area contributed by atoms with Crippen LogP contribution in [0.4, 0.5) is 0 Å². The quantitative estimate of drug-likeness (QED) is 0.802. The summed E-state index contributed by atoms with van der Waals surface area (Å²) >= 11 is 6.23. The molecule has 2 amide bonds. The van der Waals surface area contributed by atoms with Gasteiger partial charge >= 0.3 is 0 Å². The van der Waals surface area contributed by atoms with E-state index in [1.807, 2.05) is 38.7 Å². The maximum Gasteiger partial charge on any atom is 0.254 e. The molecule has 0 aromatic heterocycles. The van der Waals surface area contributed by atoms with Gasteiger partial charge in [0, 0.05) is 38.2 Å². The van der Waals surface area contributed by atoms with Crippen LogP contribution in [0.25, 0.3) is 0 Å². The number of aryl methyl sites for hydroxylation is 1. The Bertz CT molecular complexity index is 638. The van der Waals surface area contributed by atoms with Crippen LogP contribution in [0.3, 0.4) is 0 Å². The first-order valence-corrected chi connectivity index (χ1v) is 9.21. The highest BCUT2D eigenvalue weighted by Gasteiger charge is 2.26. The number of nitrogens with zero attached hydrogens (tertiary/aromatic N) is 2. The Morgan fingerprint density at radius 3 is 2.32 bits per heavy atom. The lowest BCUT2D eigenvalue weighted by atomic mass is 10.1. The maximum atomic E-state index is 12.8. The molecule has 138 valence electrons. The molecule has 0 N–H and O–H groups in total. The first-order valence-electron chi connectivity index (χ1n) is 8.83. The molecule has 1 heterocycles. The Hall–Kier alpha value is -1.75. The molecule has 2 rings (SSSR count). The second kappa shape index (κ2) is 8.56. The molecular weight excluding hydrogens is 340 g/mol. The second-order valence-electron chi connectivity index (χ2n) is 6.80. The molecule has 1 aliphatic heterocycles. The third-order valence-corrected chi connectivity index (χ3v) is 4.61. The SMILES string of the molecule is CCOc1cc(C)c(C(=O)N2CCN(C(=O)CC(C)C)CC2)cc1Cl. The lowest BCUT2D eigenvalue weighted by molar-refractivity contribution is -0.133. The van der Waals surface area contributed by atoms with Crippen molar-refractivity contribution in [3.05, 3.63) is 28.3 Å². The number of halogens is 1. The predicted octanol–water partition coefficient (Wildman–Crippen LogP) is 3.38.